The topological polar surface area (TPSA) is 49.4 Å². The van der Waals surface area contributed by atoms with E-state index in [1.54, 1.807) is 23.5 Å². The van der Waals surface area contributed by atoms with E-state index < -0.39 is 5.54 Å². The van der Waals surface area contributed by atoms with Crippen molar-refractivity contribution >= 4 is 35.3 Å². The van der Waals surface area contributed by atoms with Crippen molar-refractivity contribution in [3.63, 3.8) is 0 Å². The van der Waals surface area contributed by atoms with Gasteiger partial charge in [-0.05, 0) is 35.8 Å². The summed E-state index contributed by atoms with van der Waals surface area (Å²) in [6.07, 6.45) is 2.06. The summed E-state index contributed by atoms with van der Waals surface area (Å²) in [4.78, 5) is 27.7. The number of carbonyl (C=O) groups excluding carboxylic acids is 2. The third kappa shape index (κ3) is 4.48. The molecule has 3 rings (SSSR count). The number of rotatable bonds is 7. The Kier molecular flexibility index (Phi) is 6.79. The number of hydrogen-bond donors (Lipinski definition) is 1. The van der Waals surface area contributed by atoms with Crippen LogP contribution in [0.1, 0.15) is 39.2 Å². The van der Waals surface area contributed by atoms with E-state index in [-0.39, 0.29) is 22.3 Å². The van der Waals surface area contributed by atoms with E-state index in [1.807, 2.05) is 23.1 Å². The van der Waals surface area contributed by atoms with Gasteiger partial charge in [0.1, 0.15) is 5.54 Å². The summed E-state index contributed by atoms with van der Waals surface area (Å²) in [5.74, 6) is 2.62. The number of hydrogen-bond acceptors (Lipinski definition) is 4. The van der Waals surface area contributed by atoms with Gasteiger partial charge in [-0.2, -0.15) is 0 Å². The molecule has 1 N–H and O–H groups in total. The molecule has 2 unspecified atom stereocenters. The van der Waals surface area contributed by atoms with Gasteiger partial charge in [0.25, 0.3) is 0 Å². The maximum absolute atomic E-state index is 13.0. The van der Waals surface area contributed by atoms with Crippen molar-refractivity contribution in [2.75, 3.05) is 24.6 Å². The zero-order valence-corrected chi connectivity index (χ0v) is 18.1. The third-order valence-electron chi connectivity index (χ3n) is 5.34. The van der Waals surface area contributed by atoms with Crippen molar-refractivity contribution < 1.29 is 9.59 Å². The highest BCUT2D eigenvalue weighted by Gasteiger charge is 2.49. The average molecular weight is 407 g/mol. The maximum Gasteiger partial charge on any atom is 0.236 e. The minimum Gasteiger partial charge on any atom is -0.342 e. The predicted molar refractivity (Wildman–Crippen MR) is 115 cm³/mol. The van der Waals surface area contributed by atoms with Gasteiger partial charge in [-0.1, -0.05) is 51.1 Å². The van der Waals surface area contributed by atoms with Gasteiger partial charge in [0.05, 0.1) is 10.5 Å². The first-order valence-electron chi connectivity index (χ1n) is 9.86. The highest BCUT2D eigenvalue weighted by molar-refractivity contribution is 8.01. The zero-order valence-electron chi connectivity index (χ0n) is 16.4. The van der Waals surface area contributed by atoms with Crippen LogP contribution in [-0.4, -0.2) is 51.8 Å². The Labute approximate surface area is 171 Å². The molecule has 0 saturated carbocycles. The Morgan fingerprint density at radius 1 is 1.30 bits per heavy atom. The molecule has 2 aliphatic heterocycles. The van der Waals surface area contributed by atoms with Crippen molar-refractivity contribution in [1.29, 1.82) is 0 Å². The summed E-state index contributed by atoms with van der Waals surface area (Å²) in [6.45, 7) is 7.43. The van der Waals surface area contributed by atoms with Gasteiger partial charge in [0.15, 0.2) is 0 Å². The minimum atomic E-state index is -0.449. The summed E-state index contributed by atoms with van der Waals surface area (Å²) in [6, 6.07) is 10.1. The monoisotopic (exact) mass is 406 g/mol. The van der Waals surface area contributed by atoms with Crippen LogP contribution in [0.2, 0.25) is 0 Å². The SMILES string of the molecule is CCSC(C(=O)N1CC(NC(=O)C2CCCS2)(c2ccccc2)C1)C(C)C. The third-order valence-corrected chi connectivity index (χ3v) is 8.15. The van der Waals surface area contributed by atoms with Crippen LogP contribution >= 0.6 is 23.5 Å². The van der Waals surface area contributed by atoms with Gasteiger partial charge >= 0.3 is 0 Å². The molecule has 4 nitrogen and oxygen atoms in total. The first-order chi connectivity index (χ1) is 13.0. The fourth-order valence-electron chi connectivity index (χ4n) is 3.86. The molecule has 0 bridgehead atoms. The van der Waals surface area contributed by atoms with Crippen molar-refractivity contribution in [3.05, 3.63) is 35.9 Å². The lowest BCUT2D eigenvalue weighted by Crippen LogP contribution is -2.70. The fourth-order valence-corrected chi connectivity index (χ4v) is 6.06. The summed E-state index contributed by atoms with van der Waals surface area (Å²) < 4.78 is 0. The van der Waals surface area contributed by atoms with Crippen LogP contribution in [0, 0.1) is 5.92 Å². The molecule has 2 amide bonds. The molecule has 0 radical (unpaired) electrons. The second kappa shape index (κ2) is 8.91. The van der Waals surface area contributed by atoms with E-state index in [9.17, 15) is 9.59 Å². The Hall–Kier alpha value is -1.14. The quantitative estimate of drug-likeness (QED) is 0.753. The van der Waals surface area contributed by atoms with Crippen LogP contribution in [0.15, 0.2) is 30.3 Å². The average Bonchev–Trinajstić information content (AvgIpc) is 3.17. The Balaban J connectivity index is 1.74. The molecule has 0 aliphatic carbocycles. The molecule has 0 spiro atoms. The summed E-state index contributed by atoms with van der Waals surface area (Å²) in [5, 5.41) is 3.35. The molecular weight excluding hydrogens is 376 g/mol. The summed E-state index contributed by atoms with van der Waals surface area (Å²) in [5.41, 5.74) is 0.643. The van der Waals surface area contributed by atoms with E-state index in [4.69, 9.17) is 0 Å². The molecule has 27 heavy (non-hydrogen) atoms. The molecule has 2 heterocycles. The minimum absolute atomic E-state index is 0.00939. The highest BCUT2D eigenvalue weighted by atomic mass is 32.2. The largest absolute Gasteiger partial charge is 0.342 e. The van der Waals surface area contributed by atoms with E-state index in [2.05, 4.69) is 38.2 Å². The van der Waals surface area contributed by atoms with Gasteiger partial charge < -0.3 is 10.2 Å². The number of nitrogens with one attached hydrogen (secondary N) is 1. The van der Waals surface area contributed by atoms with E-state index in [0.29, 0.717) is 19.0 Å². The number of amides is 2. The molecule has 148 valence electrons. The van der Waals surface area contributed by atoms with E-state index in [1.165, 1.54) is 0 Å². The van der Waals surface area contributed by atoms with Crippen LogP contribution in [-0.2, 0) is 15.1 Å². The van der Waals surface area contributed by atoms with Gasteiger partial charge in [-0.25, -0.2) is 0 Å². The summed E-state index contributed by atoms with van der Waals surface area (Å²) >= 11 is 3.47. The predicted octanol–water partition coefficient (Wildman–Crippen LogP) is 3.51. The molecule has 6 heteroatoms. The Morgan fingerprint density at radius 3 is 2.56 bits per heavy atom. The van der Waals surface area contributed by atoms with Crippen LogP contribution in [0.3, 0.4) is 0 Å². The first kappa shape index (κ1) is 20.6. The lowest BCUT2D eigenvalue weighted by atomic mass is 9.81. The van der Waals surface area contributed by atoms with E-state index >= 15 is 0 Å². The number of nitrogens with zero attached hydrogens (tertiary/aromatic N) is 1. The molecule has 1 aromatic rings. The van der Waals surface area contributed by atoms with Crippen LogP contribution < -0.4 is 5.32 Å². The van der Waals surface area contributed by atoms with Crippen molar-refractivity contribution in [2.45, 2.75) is 49.7 Å². The maximum atomic E-state index is 13.0. The lowest BCUT2D eigenvalue weighted by molar-refractivity contribution is -0.143. The summed E-state index contributed by atoms with van der Waals surface area (Å²) in [7, 11) is 0. The standard InChI is InChI=1S/C21H30N2O2S2/c1-4-26-18(15(2)3)20(25)23-13-21(14-23,16-9-6-5-7-10-16)22-19(24)17-11-8-12-27-17/h5-7,9-10,15,17-18H,4,8,11-14H2,1-3H3,(H,22,24). The molecule has 1 aromatic carbocycles. The number of benzene rings is 1. The smallest absolute Gasteiger partial charge is 0.236 e. The normalized spacial score (nSPS) is 22.4. The van der Waals surface area contributed by atoms with Crippen LogP contribution in [0.4, 0.5) is 0 Å². The number of likely N-dealkylation sites (tertiary alicyclic amines) is 1. The van der Waals surface area contributed by atoms with E-state index in [0.717, 1.165) is 29.9 Å². The molecule has 2 saturated heterocycles. The van der Waals surface area contributed by atoms with Gasteiger partial charge in [0, 0.05) is 13.1 Å². The van der Waals surface area contributed by atoms with Crippen molar-refractivity contribution in [1.82, 2.24) is 10.2 Å². The van der Waals surface area contributed by atoms with Crippen molar-refractivity contribution in [3.8, 4) is 0 Å². The molecule has 2 atom stereocenters. The second-order valence-corrected chi connectivity index (χ2v) is 10.5. The van der Waals surface area contributed by atoms with Crippen LogP contribution in [0.25, 0.3) is 0 Å². The zero-order chi connectivity index (χ0) is 19.4. The van der Waals surface area contributed by atoms with Gasteiger partial charge in [-0.15, -0.1) is 23.5 Å². The first-order valence-corrected chi connectivity index (χ1v) is 12.0. The Bertz CT molecular complexity index is 653. The van der Waals surface area contributed by atoms with Crippen molar-refractivity contribution in [2.24, 2.45) is 5.92 Å². The van der Waals surface area contributed by atoms with Gasteiger partial charge in [0.2, 0.25) is 11.8 Å². The highest BCUT2D eigenvalue weighted by Crippen LogP contribution is 2.36. The van der Waals surface area contributed by atoms with Gasteiger partial charge in [-0.3, -0.25) is 9.59 Å². The molecule has 0 aromatic heterocycles. The number of carbonyl (C=O) groups is 2. The second-order valence-electron chi connectivity index (χ2n) is 7.75. The molecular formula is C21H30N2O2S2. The molecule has 2 aliphatic rings. The molecule has 2 fully saturated rings. The Morgan fingerprint density at radius 2 is 2.00 bits per heavy atom. The number of thioether (sulfide) groups is 2. The van der Waals surface area contributed by atoms with Crippen LogP contribution in [0.5, 0.6) is 0 Å². The fraction of sp³-hybridized carbons (Fsp3) is 0.619. The lowest BCUT2D eigenvalue weighted by Gasteiger charge is -2.52.